The van der Waals surface area contributed by atoms with E-state index in [-0.39, 0.29) is 0 Å². The van der Waals surface area contributed by atoms with Gasteiger partial charge in [0.1, 0.15) is 0 Å². The number of aryl methyl sites for hydroxylation is 1. The average Bonchev–Trinajstić information content (AvgIpc) is 2.70. The van der Waals surface area contributed by atoms with Gasteiger partial charge in [-0.1, -0.05) is 0 Å². The zero-order valence-corrected chi connectivity index (χ0v) is 11.6. The zero-order valence-electron chi connectivity index (χ0n) is 10.8. The first-order chi connectivity index (χ1) is 9.33. The molecule has 1 aliphatic heterocycles. The van der Waals surface area contributed by atoms with Crippen molar-refractivity contribution in [1.29, 1.82) is 0 Å². The summed E-state index contributed by atoms with van der Waals surface area (Å²) in [5, 5.41) is 3.39. The number of fused-ring (bicyclic) bond motifs is 1. The molecule has 0 bridgehead atoms. The minimum absolute atomic E-state index is 0.713. The lowest BCUT2D eigenvalue weighted by Gasteiger charge is -2.10. The van der Waals surface area contributed by atoms with Crippen LogP contribution >= 0.6 is 11.3 Å². The van der Waals surface area contributed by atoms with Gasteiger partial charge in [0.2, 0.25) is 0 Å². The third kappa shape index (κ3) is 2.81. The van der Waals surface area contributed by atoms with Crippen LogP contribution in [0.25, 0.3) is 0 Å². The SMILES string of the molecule is Cc1ncsc1CNc1ccc2c(c1)OCCCO2. The number of thiazole rings is 1. The minimum atomic E-state index is 0.713. The molecule has 3 rings (SSSR count). The number of benzene rings is 1. The van der Waals surface area contributed by atoms with Crippen LogP contribution in [-0.4, -0.2) is 18.2 Å². The second kappa shape index (κ2) is 5.48. The van der Waals surface area contributed by atoms with Crippen LogP contribution in [0.5, 0.6) is 11.5 Å². The number of hydrogen-bond donors (Lipinski definition) is 1. The van der Waals surface area contributed by atoms with Crippen LogP contribution in [0.15, 0.2) is 23.7 Å². The fraction of sp³-hybridized carbons (Fsp3) is 0.357. The van der Waals surface area contributed by atoms with Crippen LogP contribution in [0.2, 0.25) is 0 Å². The number of aromatic nitrogens is 1. The molecule has 4 nitrogen and oxygen atoms in total. The third-order valence-electron chi connectivity index (χ3n) is 3.05. The summed E-state index contributed by atoms with van der Waals surface area (Å²) in [5.74, 6) is 1.65. The number of nitrogens with one attached hydrogen (secondary N) is 1. The summed E-state index contributed by atoms with van der Waals surface area (Å²) in [7, 11) is 0. The number of rotatable bonds is 3. The van der Waals surface area contributed by atoms with Gasteiger partial charge in [-0.3, -0.25) is 0 Å². The van der Waals surface area contributed by atoms with Crippen LogP contribution in [0, 0.1) is 6.92 Å². The quantitative estimate of drug-likeness (QED) is 0.934. The summed E-state index contributed by atoms with van der Waals surface area (Å²) in [4.78, 5) is 5.50. The Labute approximate surface area is 116 Å². The minimum Gasteiger partial charge on any atom is -0.490 e. The van der Waals surface area contributed by atoms with E-state index in [0.717, 1.165) is 42.5 Å². The Balaban J connectivity index is 1.72. The molecule has 0 radical (unpaired) electrons. The molecule has 0 spiro atoms. The van der Waals surface area contributed by atoms with Gasteiger partial charge in [0.25, 0.3) is 0 Å². The van der Waals surface area contributed by atoms with Crippen molar-refractivity contribution in [2.24, 2.45) is 0 Å². The van der Waals surface area contributed by atoms with Crippen LogP contribution < -0.4 is 14.8 Å². The summed E-state index contributed by atoms with van der Waals surface area (Å²) in [6, 6.07) is 5.98. The number of nitrogens with zero attached hydrogens (tertiary/aromatic N) is 1. The van der Waals surface area contributed by atoms with Crippen molar-refractivity contribution < 1.29 is 9.47 Å². The first-order valence-corrected chi connectivity index (χ1v) is 7.23. The zero-order chi connectivity index (χ0) is 13.1. The van der Waals surface area contributed by atoms with E-state index in [1.54, 1.807) is 11.3 Å². The predicted molar refractivity (Wildman–Crippen MR) is 76.2 cm³/mol. The summed E-state index contributed by atoms with van der Waals surface area (Å²) in [6.07, 6.45) is 0.928. The van der Waals surface area contributed by atoms with E-state index < -0.39 is 0 Å². The Morgan fingerprint density at radius 2 is 2.11 bits per heavy atom. The van der Waals surface area contributed by atoms with Crippen molar-refractivity contribution in [3.8, 4) is 11.5 Å². The highest BCUT2D eigenvalue weighted by molar-refractivity contribution is 7.09. The maximum atomic E-state index is 5.68. The monoisotopic (exact) mass is 276 g/mol. The fourth-order valence-electron chi connectivity index (χ4n) is 1.95. The second-order valence-electron chi connectivity index (χ2n) is 4.43. The van der Waals surface area contributed by atoms with E-state index in [0.29, 0.717) is 6.61 Å². The molecular formula is C14H16N2O2S. The molecule has 0 atom stereocenters. The lowest BCUT2D eigenvalue weighted by Crippen LogP contribution is -2.00. The van der Waals surface area contributed by atoms with E-state index in [1.807, 2.05) is 30.6 Å². The van der Waals surface area contributed by atoms with Gasteiger partial charge >= 0.3 is 0 Å². The Morgan fingerprint density at radius 3 is 2.89 bits per heavy atom. The Bertz CT molecular complexity index is 568. The fourth-order valence-corrected chi connectivity index (χ4v) is 2.67. The third-order valence-corrected chi connectivity index (χ3v) is 3.98. The number of ether oxygens (including phenoxy) is 2. The van der Waals surface area contributed by atoms with E-state index in [2.05, 4.69) is 10.3 Å². The van der Waals surface area contributed by atoms with Gasteiger partial charge in [0.05, 0.1) is 31.0 Å². The molecule has 1 N–H and O–H groups in total. The smallest absolute Gasteiger partial charge is 0.163 e. The van der Waals surface area contributed by atoms with E-state index >= 15 is 0 Å². The Kier molecular flexibility index (Phi) is 3.55. The highest BCUT2D eigenvalue weighted by atomic mass is 32.1. The highest BCUT2D eigenvalue weighted by Gasteiger charge is 2.10. The molecule has 100 valence electrons. The standard InChI is InChI=1S/C14H16N2O2S/c1-10-14(19-9-16-10)8-15-11-3-4-12-13(7-11)18-6-2-5-17-12/h3-4,7,9,15H,2,5-6,8H2,1H3. The molecule has 1 aromatic heterocycles. The first kappa shape index (κ1) is 12.3. The number of anilines is 1. The van der Waals surface area contributed by atoms with Gasteiger partial charge in [0.15, 0.2) is 11.5 Å². The molecule has 2 heterocycles. The van der Waals surface area contributed by atoms with E-state index in [4.69, 9.17) is 9.47 Å². The first-order valence-electron chi connectivity index (χ1n) is 6.35. The Hall–Kier alpha value is -1.75. The van der Waals surface area contributed by atoms with E-state index in [1.165, 1.54) is 4.88 Å². The molecule has 0 amide bonds. The predicted octanol–water partition coefficient (Wildman–Crippen LogP) is 3.22. The second-order valence-corrected chi connectivity index (χ2v) is 5.37. The van der Waals surface area contributed by atoms with Crippen molar-refractivity contribution in [3.63, 3.8) is 0 Å². The van der Waals surface area contributed by atoms with Crippen LogP contribution in [0.1, 0.15) is 17.0 Å². The maximum Gasteiger partial charge on any atom is 0.163 e. The molecule has 2 aromatic rings. The summed E-state index contributed by atoms with van der Waals surface area (Å²) in [5.41, 5.74) is 4.00. The molecule has 19 heavy (non-hydrogen) atoms. The lowest BCUT2D eigenvalue weighted by atomic mass is 10.2. The van der Waals surface area contributed by atoms with E-state index in [9.17, 15) is 0 Å². The topological polar surface area (TPSA) is 43.4 Å². The van der Waals surface area contributed by atoms with Crippen molar-refractivity contribution in [1.82, 2.24) is 4.98 Å². The van der Waals surface area contributed by atoms with Gasteiger partial charge in [0, 0.05) is 23.1 Å². The molecular weight excluding hydrogens is 260 g/mol. The van der Waals surface area contributed by atoms with Gasteiger partial charge in [-0.05, 0) is 19.1 Å². The number of hydrogen-bond acceptors (Lipinski definition) is 5. The molecule has 0 fully saturated rings. The van der Waals surface area contributed by atoms with Crippen LogP contribution in [0.3, 0.4) is 0 Å². The van der Waals surface area contributed by atoms with Gasteiger partial charge < -0.3 is 14.8 Å². The maximum absolute atomic E-state index is 5.68. The molecule has 0 unspecified atom stereocenters. The van der Waals surface area contributed by atoms with Crippen molar-refractivity contribution in [3.05, 3.63) is 34.3 Å². The molecule has 5 heteroatoms. The summed E-state index contributed by atoms with van der Waals surface area (Å²) >= 11 is 1.67. The molecule has 1 aromatic carbocycles. The Morgan fingerprint density at radius 1 is 1.26 bits per heavy atom. The molecule has 0 aliphatic carbocycles. The molecule has 0 saturated carbocycles. The lowest BCUT2D eigenvalue weighted by molar-refractivity contribution is 0.297. The normalized spacial score (nSPS) is 13.9. The van der Waals surface area contributed by atoms with Crippen molar-refractivity contribution in [2.75, 3.05) is 18.5 Å². The highest BCUT2D eigenvalue weighted by Crippen LogP contribution is 2.32. The molecule has 0 saturated heterocycles. The van der Waals surface area contributed by atoms with Crippen LogP contribution in [0.4, 0.5) is 5.69 Å². The van der Waals surface area contributed by atoms with Crippen molar-refractivity contribution >= 4 is 17.0 Å². The van der Waals surface area contributed by atoms with Crippen molar-refractivity contribution in [2.45, 2.75) is 19.9 Å². The van der Waals surface area contributed by atoms with Gasteiger partial charge in [-0.25, -0.2) is 4.98 Å². The van der Waals surface area contributed by atoms with Gasteiger partial charge in [-0.2, -0.15) is 0 Å². The van der Waals surface area contributed by atoms with Crippen LogP contribution in [-0.2, 0) is 6.54 Å². The summed E-state index contributed by atoms with van der Waals surface area (Å²) in [6.45, 7) is 4.25. The largest absolute Gasteiger partial charge is 0.490 e. The average molecular weight is 276 g/mol. The molecule has 1 aliphatic rings. The summed E-state index contributed by atoms with van der Waals surface area (Å²) < 4.78 is 11.3. The van der Waals surface area contributed by atoms with Gasteiger partial charge in [-0.15, -0.1) is 11.3 Å².